The number of nitrogens with zero attached hydrogens (tertiary/aromatic N) is 5. The minimum atomic E-state index is -0.133. The molecule has 1 aromatic rings. The highest BCUT2D eigenvalue weighted by molar-refractivity contribution is 5.92. The van der Waals surface area contributed by atoms with Crippen molar-refractivity contribution in [1.29, 1.82) is 0 Å². The van der Waals surface area contributed by atoms with E-state index < -0.39 is 0 Å². The van der Waals surface area contributed by atoms with Gasteiger partial charge < -0.3 is 14.7 Å². The molecule has 0 aromatic carbocycles. The highest BCUT2D eigenvalue weighted by Gasteiger charge is 2.22. The number of likely N-dealkylation sites (tertiary alicyclic amines) is 2. The van der Waals surface area contributed by atoms with Crippen LogP contribution in [0.1, 0.15) is 55.4 Å². The maximum Gasteiger partial charge on any atom is 0.274 e. The number of piperidine rings is 2. The summed E-state index contributed by atoms with van der Waals surface area (Å²) in [4.78, 5) is 39.7. The molecule has 3 rings (SSSR count). The zero-order valence-corrected chi connectivity index (χ0v) is 16.2. The van der Waals surface area contributed by atoms with Crippen LogP contribution < -0.4 is 0 Å². The zero-order chi connectivity index (χ0) is 18.9. The molecular formula is C20H31N5O2. The van der Waals surface area contributed by atoms with Crippen LogP contribution in [0.15, 0.2) is 18.6 Å². The van der Waals surface area contributed by atoms with Crippen LogP contribution in [0.5, 0.6) is 0 Å². The van der Waals surface area contributed by atoms with Crippen LogP contribution in [-0.2, 0) is 4.79 Å². The van der Waals surface area contributed by atoms with Crippen molar-refractivity contribution in [1.82, 2.24) is 24.7 Å². The van der Waals surface area contributed by atoms with Crippen molar-refractivity contribution < 1.29 is 9.59 Å². The van der Waals surface area contributed by atoms with E-state index in [1.807, 2.05) is 4.90 Å². The lowest BCUT2D eigenvalue weighted by Crippen LogP contribution is -2.43. The summed E-state index contributed by atoms with van der Waals surface area (Å²) in [5.41, 5.74) is 0.349. The predicted molar refractivity (Wildman–Crippen MR) is 103 cm³/mol. The van der Waals surface area contributed by atoms with Gasteiger partial charge in [-0.25, -0.2) is 4.98 Å². The van der Waals surface area contributed by atoms with Gasteiger partial charge in [0.15, 0.2) is 0 Å². The normalized spacial score (nSPS) is 18.3. The van der Waals surface area contributed by atoms with Gasteiger partial charge in [0, 0.05) is 51.5 Å². The number of hydrogen-bond acceptors (Lipinski definition) is 5. The van der Waals surface area contributed by atoms with Crippen molar-refractivity contribution in [2.75, 3.05) is 45.8 Å². The average molecular weight is 374 g/mol. The molecule has 2 fully saturated rings. The molecule has 7 heteroatoms. The second kappa shape index (κ2) is 10.3. The maximum absolute atomic E-state index is 12.9. The molecule has 0 N–H and O–H groups in total. The molecule has 2 saturated heterocycles. The van der Waals surface area contributed by atoms with E-state index in [9.17, 15) is 9.59 Å². The van der Waals surface area contributed by atoms with E-state index in [0.717, 1.165) is 45.6 Å². The Morgan fingerprint density at radius 1 is 0.926 bits per heavy atom. The highest BCUT2D eigenvalue weighted by Crippen LogP contribution is 2.12. The molecule has 2 aliphatic rings. The van der Waals surface area contributed by atoms with Crippen molar-refractivity contribution >= 4 is 11.8 Å². The van der Waals surface area contributed by atoms with Gasteiger partial charge in [0.1, 0.15) is 5.69 Å². The lowest BCUT2D eigenvalue weighted by Gasteiger charge is -2.31. The first-order valence-electron chi connectivity index (χ1n) is 10.3. The van der Waals surface area contributed by atoms with Crippen molar-refractivity contribution in [3.8, 4) is 0 Å². The standard InChI is InChI=1S/C20H31N5O2/c26-19(24-12-5-2-6-13-24)7-14-25(16-15-23-10-3-1-4-11-23)20(27)18-17-21-8-9-22-18/h8-9,17H,1-7,10-16H2. The summed E-state index contributed by atoms with van der Waals surface area (Å²) >= 11 is 0. The lowest BCUT2D eigenvalue weighted by molar-refractivity contribution is -0.132. The van der Waals surface area contributed by atoms with Gasteiger partial charge in [-0.2, -0.15) is 0 Å². The number of amides is 2. The molecule has 0 radical (unpaired) electrons. The molecule has 2 amide bonds. The molecule has 0 unspecified atom stereocenters. The van der Waals surface area contributed by atoms with Gasteiger partial charge in [0.25, 0.3) is 5.91 Å². The van der Waals surface area contributed by atoms with Crippen LogP contribution in [0, 0.1) is 0 Å². The molecule has 0 bridgehead atoms. The van der Waals surface area contributed by atoms with E-state index in [4.69, 9.17) is 0 Å². The number of carbonyl (C=O) groups is 2. The Bertz CT molecular complexity index is 598. The predicted octanol–water partition coefficient (Wildman–Crippen LogP) is 1.81. The molecule has 27 heavy (non-hydrogen) atoms. The van der Waals surface area contributed by atoms with E-state index in [0.29, 0.717) is 25.2 Å². The summed E-state index contributed by atoms with van der Waals surface area (Å²) in [6.45, 7) is 5.82. The number of carbonyl (C=O) groups excluding carboxylic acids is 2. The minimum absolute atomic E-state index is 0.133. The van der Waals surface area contributed by atoms with E-state index in [1.54, 1.807) is 11.1 Å². The molecule has 0 saturated carbocycles. The lowest BCUT2D eigenvalue weighted by atomic mass is 10.1. The molecule has 148 valence electrons. The Labute approximate surface area is 161 Å². The minimum Gasteiger partial charge on any atom is -0.343 e. The summed E-state index contributed by atoms with van der Waals surface area (Å²) in [6.07, 6.45) is 12.1. The fourth-order valence-corrected chi connectivity index (χ4v) is 3.86. The largest absolute Gasteiger partial charge is 0.343 e. The number of hydrogen-bond donors (Lipinski definition) is 0. The fraction of sp³-hybridized carbons (Fsp3) is 0.700. The third-order valence-electron chi connectivity index (χ3n) is 5.51. The number of aromatic nitrogens is 2. The Morgan fingerprint density at radius 2 is 1.63 bits per heavy atom. The Balaban J connectivity index is 1.57. The van der Waals surface area contributed by atoms with E-state index in [1.165, 1.54) is 38.1 Å². The van der Waals surface area contributed by atoms with Gasteiger partial charge in [0.2, 0.25) is 5.91 Å². The van der Waals surface area contributed by atoms with E-state index in [2.05, 4.69) is 14.9 Å². The van der Waals surface area contributed by atoms with Crippen LogP contribution in [0.25, 0.3) is 0 Å². The quantitative estimate of drug-likeness (QED) is 0.729. The molecule has 0 atom stereocenters. The molecule has 1 aromatic heterocycles. The van der Waals surface area contributed by atoms with E-state index in [-0.39, 0.29) is 11.8 Å². The Morgan fingerprint density at radius 3 is 2.30 bits per heavy atom. The van der Waals surface area contributed by atoms with Crippen molar-refractivity contribution in [2.24, 2.45) is 0 Å². The second-order valence-corrected chi connectivity index (χ2v) is 7.48. The van der Waals surface area contributed by atoms with Crippen LogP contribution in [-0.4, -0.2) is 82.3 Å². The fourth-order valence-electron chi connectivity index (χ4n) is 3.86. The monoisotopic (exact) mass is 373 g/mol. The number of rotatable bonds is 7. The first-order valence-corrected chi connectivity index (χ1v) is 10.3. The molecule has 0 aliphatic carbocycles. The average Bonchev–Trinajstić information content (AvgIpc) is 2.75. The second-order valence-electron chi connectivity index (χ2n) is 7.48. The summed E-state index contributed by atoms with van der Waals surface area (Å²) in [5.74, 6) is 0.0242. The first-order chi connectivity index (χ1) is 13.2. The Hall–Kier alpha value is -2.02. The first kappa shape index (κ1) is 19.7. The molecular weight excluding hydrogens is 342 g/mol. The van der Waals surface area contributed by atoms with Gasteiger partial charge in [-0.05, 0) is 45.2 Å². The summed E-state index contributed by atoms with van der Waals surface area (Å²) in [6, 6.07) is 0. The van der Waals surface area contributed by atoms with Gasteiger partial charge in [-0.3, -0.25) is 14.6 Å². The SMILES string of the molecule is O=C(CCN(CCN1CCCCC1)C(=O)c1cnccn1)N1CCCCC1. The van der Waals surface area contributed by atoms with Gasteiger partial charge in [0.05, 0.1) is 6.20 Å². The summed E-state index contributed by atoms with van der Waals surface area (Å²) in [5, 5.41) is 0. The molecule has 7 nitrogen and oxygen atoms in total. The summed E-state index contributed by atoms with van der Waals surface area (Å²) < 4.78 is 0. The topological polar surface area (TPSA) is 69.6 Å². The van der Waals surface area contributed by atoms with Crippen molar-refractivity contribution in [2.45, 2.75) is 44.9 Å². The third kappa shape index (κ3) is 5.99. The van der Waals surface area contributed by atoms with Gasteiger partial charge >= 0.3 is 0 Å². The van der Waals surface area contributed by atoms with Crippen LogP contribution in [0.2, 0.25) is 0 Å². The van der Waals surface area contributed by atoms with Crippen LogP contribution >= 0.6 is 0 Å². The zero-order valence-electron chi connectivity index (χ0n) is 16.2. The van der Waals surface area contributed by atoms with Gasteiger partial charge in [-0.15, -0.1) is 0 Å². The molecule has 2 aliphatic heterocycles. The van der Waals surface area contributed by atoms with E-state index >= 15 is 0 Å². The molecule has 0 spiro atoms. The third-order valence-corrected chi connectivity index (χ3v) is 5.51. The summed E-state index contributed by atoms with van der Waals surface area (Å²) in [7, 11) is 0. The smallest absolute Gasteiger partial charge is 0.274 e. The van der Waals surface area contributed by atoms with Crippen LogP contribution in [0.3, 0.4) is 0 Å². The van der Waals surface area contributed by atoms with Crippen molar-refractivity contribution in [3.05, 3.63) is 24.3 Å². The Kier molecular flexibility index (Phi) is 7.56. The van der Waals surface area contributed by atoms with Crippen LogP contribution in [0.4, 0.5) is 0 Å². The molecule has 3 heterocycles. The highest BCUT2D eigenvalue weighted by atomic mass is 16.2. The van der Waals surface area contributed by atoms with Crippen molar-refractivity contribution in [3.63, 3.8) is 0 Å². The maximum atomic E-state index is 12.9. The van der Waals surface area contributed by atoms with Gasteiger partial charge in [-0.1, -0.05) is 6.42 Å².